The van der Waals surface area contributed by atoms with Gasteiger partial charge in [-0.1, -0.05) is 17.7 Å². The van der Waals surface area contributed by atoms with Crippen LogP contribution in [0.1, 0.15) is 24.0 Å². The molecule has 0 unspecified atom stereocenters. The average molecular weight is 404 g/mol. The lowest BCUT2D eigenvalue weighted by Crippen LogP contribution is -2.20. The Morgan fingerprint density at radius 3 is 2.50 bits per heavy atom. The number of hydrazone groups is 1. The van der Waals surface area contributed by atoms with Crippen LogP contribution in [-0.2, 0) is 9.59 Å². The molecule has 0 radical (unpaired) electrons. The summed E-state index contributed by atoms with van der Waals surface area (Å²) in [5.41, 5.74) is 4.53. The third-order valence-corrected chi connectivity index (χ3v) is 4.34. The highest BCUT2D eigenvalue weighted by atomic mass is 35.5. The SMILES string of the molecule is COc1ccc(C=NNC(=O)CCC(=O)Nc2cccc(Cl)c2C)cc1OC. The number of hydrogen-bond donors (Lipinski definition) is 2. The second kappa shape index (κ2) is 10.3. The molecule has 7 nitrogen and oxygen atoms in total. The van der Waals surface area contributed by atoms with Gasteiger partial charge in [0.15, 0.2) is 11.5 Å². The van der Waals surface area contributed by atoms with Gasteiger partial charge in [-0.2, -0.15) is 5.10 Å². The molecule has 28 heavy (non-hydrogen) atoms. The molecule has 0 heterocycles. The number of hydrogen-bond acceptors (Lipinski definition) is 5. The van der Waals surface area contributed by atoms with Gasteiger partial charge in [0.1, 0.15) is 0 Å². The van der Waals surface area contributed by atoms with Crippen molar-refractivity contribution >= 4 is 35.3 Å². The van der Waals surface area contributed by atoms with Crippen molar-refractivity contribution < 1.29 is 19.1 Å². The number of anilines is 1. The number of halogens is 1. The van der Waals surface area contributed by atoms with E-state index in [1.54, 1.807) is 43.5 Å². The van der Waals surface area contributed by atoms with E-state index in [4.69, 9.17) is 21.1 Å². The molecule has 0 atom stereocenters. The average Bonchev–Trinajstić information content (AvgIpc) is 2.69. The zero-order valence-electron chi connectivity index (χ0n) is 15.9. The largest absolute Gasteiger partial charge is 0.493 e. The number of benzene rings is 2. The third kappa shape index (κ3) is 5.99. The lowest BCUT2D eigenvalue weighted by atomic mass is 10.2. The number of amides is 2. The van der Waals surface area contributed by atoms with Gasteiger partial charge in [-0.15, -0.1) is 0 Å². The van der Waals surface area contributed by atoms with Crippen LogP contribution in [-0.4, -0.2) is 32.2 Å². The molecule has 2 rings (SSSR count). The van der Waals surface area contributed by atoms with Crippen LogP contribution in [0.2, 0.25) is 5.02 Å². The van der Waals surface area contributed by atoms with E-state index in [9.17, 15) is 9.59 Å². The quantitative estimate of drug-likeness (QED) is 0.521. The van der Waals surface area contributed by atoms with E-state index in [2.05, 4.69) is 15.8 Å². The monoisotopic (exact) mass is 403 g/mol. The molecular formula is C20H22ClN3O4. The number of ether oxygens (including phenoxy) is 2. The maximum Gasteiger partial charge on any atom is 0.240 e. The van der Waals surface area contributed by atoms with Crippen molar-refractivity contribution in [3.63, 3.8) is 0 Å². The first-order valence-electron chi connectivity index (χ1n) is 8.53. The van der Waals surface area contributed by atoms with Crippen LogP contribution in [0.15, 0.2) is 41.5 Å². The predicted octanol–water partition coefficient (Wildman–Crippen LogP) is 3.53. The van der Waals surface area contributed by atoms with Crippen LogP contribution in [0.4, 0.5) is 5.69 Å². The Kier molecular flexibility index (Phi) is 7.83. The minimum atomic E-state index is -0.366. The Labute approximate surface area is 168 Å². The fraction of sp³-hybridized carbons (Fsp3) is 0.250. The van der Waals surface area contributed by atoms with Crippen molar-refractivity contribution in [2.45, 2.75) is 19.8 Å². The minimum Gasteiger partial charge on any atom is -0.493 e. The first-order chi connectivity index (χ1) is 13.4. The Morgan fingerprint density at radius 2 is 1.79 bits per heavy atom. The summed E-state index contributed by atoms with van der Waals surface area (Å²) in [4.78, 5) is 23.9. The van der Waals surface area contributed by atoms with Gasteiger partial charge in [0.05, 0.1) is 20.4 Å². The molecule has 0 saturated heterocycles. The molecule has 148 valence electrons. The van der Waals surface area contributed by atoms with E-state index in [1.165, 1.54) is 13.3 Å². The van der Waals surface area contributed by atoms with Crippen LogP contribution in [0, 0.1) is 6.92 Å². The number of nitrogens with zero attached hydrogens (tertiary/aromatic N) is 1. The zero-order valence-corrected chi connectivity index (χ0v) is 16.7. The highest BCUT2D eigenvalue weighted by Crippen LogP contribution is 2.26. The second-order valence-corrected chi connectivity index (χ2v) is 6.28. The van der Waals surface area contributed by atoms with Crippen LogP contribution in [0.25, 0.3) is 0 Å². The molecule has 2 aromatic carbocycles. The normalized spacial score (nSPS) is 10.6. The molecule has 0 aromatic heterocycles. The van der Waals surface area contributed by atoms with Gasteiger partial charge < -0.3 is 14.8 Å². The number of nitrogens with one attached hydrogen (secondary N) is 2. The van der Waals surface area contributed by atoms with E-state index in [1.807, 2.05) is 6.92 Å². The summed E-state index contributed by atoms with van der Waals surface area (Å²) in [7, 11) is 3.09. The summed E-state index contributed by atoms with van der Waals surface area (Å²) < 4.78 is 10.4. The van der Waals surface area contributed by atoms with Crippen molar-refractivity contribution in [2.24, 2.45) is 5.10 Å². The molecule has 0 aliphatic heterocycles. The van der Waals surface area contributed by atoms with Crippen LogP contribution in [0.3, 0.4) is 0 Å². The number of rotatable bonds is 8. The highest BCUT2D eigenvalue weighted by Gasteiger charge is 2.09. The van der Waals surface area contributed by atoms with E-state index in [-0.39, 0.29) is 24.7 Å². The fourth-order valence-electron chi connectivity index (χ4n) is 2.35. The minimum absolute atomic E-state index is 0.00865. The van der Waals surface area contributed by atoms with Crippen molar-refractivity contribution in [2.75, 3.05) is 19.5 Å². The number of carbonyl (C=O) groups is 2. The smallest absolute Gasteiger partial charge is 0.240 e. The molecule has 0 fully saturated rings. The lowest BCUT2D eigenvalue weighted by Gasteiger charge is -2.09. The summed E-state index contributed by atoms with van der Waals surface area (Å²) >= 11 is 6.02. The van der Waals surface area contributed by atoms with Crippen molar-refractivity contribution in [1.29, 1.82) is 0 Å². The Hall–Kier alpha value is -3.06. The first-order valence-corrected chi connectivity index (χ1v) is 8.91. The van der Waals surface area contributed by atoms with Gasteiger partial charge in [0.2, 0.25) is 11.8 Å². The zero-order chi connectivity index (χ0) is 20.5. The van der Waals surface area contributed by atoms with E-state index in [0.29, 0.717) is 22.2 Å². The Morgan fingerprint density at radius 1 is 1.07 bits per heavy atom. The van der Waals surface area contributed by atoms with Crippen LogP contribution >= 0.6 is 11.6 Å². The predicted molar refractivity (Wildman–Crippen MR) is 109 cm³/mol. The second-order valence-electron chi connectivity index (χ2n) is 5.87. The van der Waals surface area contributed by atoms with Gasteiger partial charge in [-0.3, -0.25) is 9.59 Å². The molecule has 2 amide bonds. The van der Waals surface area contributed by atoms with Crippen LogP contribution < -0.4 is 20.2 Å². The summed E-state index contributed by atoms with van der Waals surface area (Å²) in [5.74, 6) is 0.523. The Balaban J connectivity index is 1.81. The van der Waals surface area contributed by atoms with E-state index in [0.717, 1.165) is 11.1 Å². The molecule has 0 bridgehead atoms. The molecule has 2 N–H and O–H groups in total. The Bertz CT molecular complexity index is 884. The molecule has 0 spiro atoms. The molecule has 0 aliphatic carbocycles. The molecule has 0 saturated carbocycles. The molecule has 8 heteroatoms. The van der Waals surface area contributed by atoms with Gasteiger partial charge in [-0.25, -0.2) is 5.43 Å². The van der Waals surface area contributed by atoms with Gasteiger partial charge >= 0.3 is 0 Å². The molecule has 2 aromatic rings. The molecular weight excluding hydrogens is 382 g/mol. The number of carbonyl (C=O) groups excluding carboxylic acids is 2. The summed E-state index contributed by atoms with van der Waals surface area (Å²) in [6.45, 7) is 1.81. The summed E-state index contributed by atoms with van der Waals surface area (Å²) in [5, 5.41) is 7.20. The van der Waals surface area contributed by atoms with Crippen molar-refractivity contribution in [1.82, 2.24) is 5.43 Å². The highest BCUT2D eigenvalue weighted by molar-refractivity contribution is 6.31. The van der Waals surface area contributed by atoms with Gasteiger partial charge in [-0.05, 0) is 48.4 Å². The summed E-state index contributed by atoms with van der Waals surface area (Å²) in [6, 6.07) is 10.5. The molecule has 0 aliphatic rings. The standard InChI is InChI=1S/C20H22ClN3O4/c1-13-15(21)5-4-6-16(13)23-19(25)9-10-20(26)24-22-12-14-7-8-17(27-2)18(11-14)28-3/h4-8,11-12H,9-10H2,1-3H3,(H,23,25)(H,24,26). The first kappa shape index (κ1) is 21.2. The van der Waals surface area contributed by atoms with Crippen molar-refractivity contribution in [3.05, 3.63) is 52.5 Å². The van der Waals surface area contributed by atoms with Gasteiger partial charge in [0, 0.05) is 23.6 Å². The van der Waals surface area contributed by atoms with E-state index >= 15 is 0 Å². The lowest BCUT2D eigenvalue weighted by molar-refractivity contribution is -0.124. The van der Waals surface area contributed by atoms with Gasteiger partial charge in [0.25, 0.3) is 0 Å². The topological polar surface area (TPSA) is 89.0 Å². The van der Waals surface area contributed by atoms with E-state index < -0.39 is 0 Å². The number of methoxy groups -OCH3 is 2. The third-order valence-electron chi connectivity index (χ3n) is 3.93. The van der Waals surface area contributed by atoms with Crippen molar-refractivity contribution in [3.8, 4) is 11.5 Å². The maximum absolute atomic E-state index is 12.0. The summed E-state index contributed by atoms with van der Waals surface area (Å²) in [6.07, 6.45) is 1.52. The maximum atomic E-state index is 12.0. The fourth-order valence-corrected chi connectivity index (χ4v) is 2.53. The van der Waals surface area contributed by atoms with Crippen LogP contribution in [0.5, 0.6) is 11.5 Å².